The molecule has 1 heterocycles. The number of hydrogen-bond acceptors (Lipinski definition) is 4. The number of thiophene rings is 1. The van der Waals surface area contributed by atoms with Crippen molar-refractivity contribution in [1.29, 1.82) is 0 Å². The number of likely N-dealkylation sites (N-methyl/N-ethyl adjacent to an activating group) is 1. The van der Waals surface area contributed by atoms with Crippen LogP contribution in [0.5, 0.6) is 0 Å². The quantitative estimate of drug-likeness (QED) is 0.594. The highest BCUT2D eigenvalue weighted by molar-refractivity contribution is 7.09. The molecular weight excluding hydrogens is 370 g/mol. The van der Waals surface area contributed by atoms with E-state index in [1.165, 1.54) is 4.88 Å². The lowest BCUT2D eigenvalue weighted by atomic mass is 10.1. The molecule has 152 valence electrons. The lowest BCUT2D eigenvalue weighted by Crippen LogP contribution is -2.38. The van der Waals surface area contributed by atoms with Crippen molar-refractivity contribution in [1.82, 2.24) is 10.2 Å². The highest BCUT2D eigenvalue weighted by Crippen LogP contribution is 2.14. The van der Waals surface area contributed by atoms with Gasteiger partial charge < -0.3 is 10.6 Å². The van der Waals surface area contributed by atoms with Crippen LogP contribution in [0.3, 0.4) is 0 Å². The molecule has 0 spiro atoms. The van der Waals surface area contributed by atoms with E-state index >= 15 is 0 Å². The van der Waals surface area contributed by atoms with Crippen molar-refractivity contribution in [2.75, 3.05) is 25.0 Å². The molecule has 5 nitrogen and oxygen atoms in total. The Hall–Kier alpha value is -2.18. The molecular formula is C22H31N3O2S. The fourth-order valence-electron chi connectivity index (χ4n) is 3.04. The summed E-state index contributed by atoms with van der Waals surface area (Å²) in [4.78, 5) is 28.1. The normalized spacial score (nSPS) is 11.0. The smallest absolute Gasteiger partial charge is 0.251 e. The second-order valence-electron chi connectivity index (χ2n) is 7.04. The molecule has 0 unspecified atom stereocenters. The Morgan fingerprint density at radius 2 is 2.00 bits per heavy atom. The highest BCUT2D eigenvalue weighted by Gasteiger charge is 2.10. The summed E-state index contributed by atoms with van der Waals surface area (Å²) < 4.78 is 0. The Bertz CT molecular complexity index is 744. The zero-order valence-electron chi connectivity index (χ0n) is 17.0. The first-order valence-corrected chi connectivity index (χ1v) is 10.8. The van der Waals surface area contributed by atoms with Gasteiger partial charge in [-0.2, -0.15) is 0 Å². The van der Waals surface area contributed by atoms with Crippen LogP contribution in [0, 0.1) is 0 Å². The number of nitrogens with zero attached hydrogens (tertiary/aromatic N) is 1. The number of nitrogens with one attached hydrogen (secondary N) is 2. The van der Waals surface area contributed by atoms with Crippen molar-refractivity contribution >= 4 is 28.8 Å². The summed E-state index contributed by atoms with van der Waals surface area (Å²) >= 11 is 1.72. The number of carbonyl (C=O) groups is 2. The number of amides is 2. The van der Waals surface area contributed by atoms with Gasteiger partial charge in [-0.25, -0.2) is 0 Å². The van der Waals surface area contributed by atoms with Gasteiger partial charge in [0.1, 0.15) is 0 Å². The molecule has 2 amide bonds. The SMILES string of the molecule is CCN(CCNC(=O)c1cccc(NC(=O)CCCc2cccs2)c1)C(C)C. The Morgan fingerprint density at radius 3 is 2.68 bits per heavy atom. The van der Waals surface area contributed by atoms with Crippen molar-refractivity contribution in [2.45, 2.75) is 46.1 Å². The van der Waals surface area contributed by atoms with Gasteiger partial charge in [0, 0.05) is 41.7 Å². The van der Waals surface area contributed by atoms with E-state index in [2.05, 4.69) is 47.8 Å². The zero-order chi connectivity index (χ0) is 20.4. The summed E-state index contributed by atoms with van der Waals surface area (Å²) in [5, 5.41) is 7.90. The maximum absolute atomic E-state index is 12.4. The van der Waals surface area contributed by atoms with Crippen molar-refractivity contribution < 1.29 is 9.59 Å². The van der Waals surface area contributed by atoms with Gasteiger partial charge >= 0.3 is 0 Å². The maximum atomic E-state index is 12.4. The van der Waals surface area contributed by atoms with Crippen LogP contribution in [-0.2, 0) is 11.2 Å². The summed E-state index contributed by atoms with van der Waals surface area (Å²) in [6, 6.07) is 11.7. The summed E-state index contributed by atoms with van der Waals surface area (Å²) in [6.45, 7) is 8.80. The van der Waals surface area contributed by atoms with E-state index in [9.17, 15) is 9.59 Å². The van der Waals surface area contributed by atoms with Gasteiger partial charge in [-0.05, 0) is 62.9 Å². The van der Waals surface area contributed by atoms with Crippen molar-refractivity contribution in [2.24, 2.45) is 0 Å². The molecule has 0 saturated carbocycles. The van der Waals surface area contributed by atoms with Gasteiger partial charge in [0.15, 0.2) is 0 Å². The topological polar surface area (TPSA) is 61.4 Å². The molecule has 0 aliphatic rings. The molecule has 2 rings (SSSR count). The second kappa shape index (κ2) is 11.6. The number of carbonyl (C=O) groups excluding carboxylic acids is 2. The molecule has 2 aromatic rings. The molecule has 0 fully saturated rings. The summed E-state index contributed by atoms with van der Waals surface area (Å²) in [5.74, 6) is -0.141. The third-order valence-electron chi connectivity index (χ3n) is 4.64. The molecule has 0 bridgehead atoms. The molecule has 2 N–H and O–H groups in total. The molecule has 0 radical (unpaired) electrons. The van der Waals surface area contributed by atoms with E-state index in [-0.39, 0.29) is 11.8 Å². The minimum Gasteiger partial charge on any atom is -0.351 e. The molecule has 28 heavy (non-hydrogen) atoms. The van der Waals surface area contributed by atoms with Crippen LogP contribution in [0.2, 0.25) is 0 Å². The van der Waals surface area contributed by atoms with Gasteiger partial charge in [-0.3, -0.25) is 14.5 Å². The fraction of sp³-hybridized carbons (Fsp3) is 0.455. The van der Waals surface area contributed by atoms with Crippen LogP contribution in [0.25, 0.3) is 0 Å². The van der Waals surface area contributed by atoms with E-state index in [0.717, 1.165) is 25.9 Å². The van der Waals surface area contributed by atoms with Crippen LogP contribution in [0.15, 0.2) is 41.8 Å². The Labute approximate surface area is 172 Å². The number of anilines is 1. The molecule has 1 aromatic carbocycles. The molecule has 0 aliphatic heterocycles. The van der Waals surface area contributed by atoms with Gasteiger partial charge in [0.05, 0.1) is 0 Å². The van der Waals surface area contributed by atoms with Gasteiger partial charge in [0.2, 0.25) is 5.91 Å². The Kier molecular flexibility index (Phi) is 9.17. The van der Waals surface area contributed by atoms with E-state index in [1.54, 1.807) is 29.5 Å². The largest absolute Gasteiger partial charge is 0.351 e. The molecule has 0 atom stereocenters. The lowest BCUT2D eigenvalue weighted by molar-refractivity contribution is -0.116. The number of hydrogen-bond donors (Lipinski definition) is 2. The van der Waals surface area contributed by atoms with Crippen LogP contribution < -0.4 is 10.6 Å². The van der Waals surface area contributed by atoms with Gasteiger partial charge in [-0.15, -0.1) is 11.3 Å². The van der Waals surface area contributed by atoms with E-state index < -0.39 is 0 Å². The fourth-order valence-corrected chi connectivity index (χ4v) is 3.79. The van der Waals surface area contributed by atoms with Gasteiger partial charge in [0.25, 0.3) is 5.91 Å². The van der Waals surface area contributed by atoms with E-state index in [4.69, 9.17) is 0 Å². The zero-order valence-corrected chi connectivity index (χ0v) is 17.8. The van der Waals surface area contributed by atoms with E-state index in [0.29, 0.717) is 30.3 Å². The lowest BCUT2D eigenvalue weighted by Gasteiger charge is -2.24. The standard InChI is InChI=1S/C22H31N3O2S/c1-4-25(17(2)3)14-13-23-22(27)18-8-5-9-19(16-18)24-21(26)12-6-10-20-11-7-15-28-20/h5,7-9,11,15-17H,4,6,10,12-14H2,1-3H3,(H,23,27)(H,24,26). The third-order valence-corrected chi connectivity index (χ3v) is 5.57. The summed E-state index contributed by atoms with van der Waals surface area (Å²) in [7, 11) is 0. The van der Waals surface area contributed by atoms with Gasteiger partial charge in [-0.1, -0.05) is 19.1 Å². The van der Waals surface area contributed by atoms with Crippen LogP contribution >= 0.6 is 11.3 Å². The first kappa shape index (κ1) is 22.1. The number of rotatable bonds is 11. The average molecular weight is 402 g/mol. The molecule has 6 heteroatoms. The van der Waals surface area contributed by atoms with E-state index in [1.807, 2.05) is 12.1 Å². The first-order valence-electron chi connectivity index (χ1n) is 9.94. The average Bonchev–Trinajstić information content (AvgIpc) is 3.18. The third kappa shape index (κ3) is 7.44. The van der Waals surface area contributed by atoms with Crippen molar-refractivity contribution in [3.8, 4) is 0 Å². The van der Waals surface area contributed by atoms with Crippen LogP contribution in [-0.4, -0.2) is 42.4 Å². The molecule has 0 aliphatic carbocycles. The Morgan fingerprint density at radius 1 is 1.18 bits per heavy atom. The highest BCUT2D eigenvalue weighted by atomic mass is 32.1. The molecule has 1 aromatic heterocycles. The predicted octanol–water partition coefficient (Wildman–Crippen LogP) is 4.17. The second-order valence-corrected chi connectivity index (χ2v) is 8.07. The van der Waals surface area contributed by atoms with Crippen molar-refractivity contribution in [3.63, 3.8) is 0 Å². The monoisotopic (exact) mass is 401 g/mol. The summed E-state index contributed by atoms with van der Waals surface area (Å²) in [5.41, 5.74) is 1.22. The summed E-state index contributed by atoms with van der Waals surface area (Å²) in [6.07, 6.45) is 2.20. The Balaban J connectivity index is 1.78. The number of aryl methyl sites for hydroxylation is 1. The van der Waals surface area contributed by atoms with Crippen molar-refractivity contribution in [3.05, 3.63) is 52.2 Å². The maximum Gasteiger partial charge on any atom is 0.251 e. The predicted molar refractivity (Wildman–Crippen MR) is 117 cm³/mol. The van der Waals surface area contributed by atoms with Crippen LogP contribution in [0.1, 0.15) is 48.8 Å². The minimum atomic E-state index is -0.117. The van der Waals surface area contributed by atoms with Crippen LogP contribution in [0.4, 0.5) is 5.69 Å². The number of benzene rings is 1. The molecule has 0 saturated heterocycles. The first-order chi connectivity index (χ1) is 13.5. The minimum absolute atomic E-state index is 0.0235.